The molecule has 0 radical (unpaired) electrons. The van der Waals surface area contributed by atoms with E-state index in [4.69, 9.17) is 4.74 Å². The Morgan fingerprint density at radius 2 is 1.95 bits per heavy atom. The Hall–Kier alpha value is -1.10. The van der Waals surface area contributed by atoms with E-state index in [1.807, 2.05) is 20.8 Å². The van der Waals surface area contributed by atoms with Crippen LogP contribution in [-0.4, -0.2) is 49.6 Å². The first kappa shape index (κ1) is 16.0. The second-order valence-corrected chi connectivity index (χ2v) is 6.23. The van der Waals surface area contributed by atoms with E-state index in [-0.39, 0.29) is 23.8 Å². The average Bonchev–Trinajstić information content (AvgIpc) is 2.36. The van der Waals surface area contributed by atoms with Crippen molar-refractivity contribution in [3.63, 3.8) is 0 Å². The first-order valence-electron chi connectivity index (χ1n) is 6.89. The van der Waals surface area contributed by atoms with Gasteiger partial charge in [-0.05, 0) is 13.0 Å². The maximum atomic E-state index is 12.0. The van der Waals surface area contributed by atoms with Crippen LogP contribution in [0.5, 0.6) is 0 Å². The van der Waals surface area contributed by atoms with Crippen LogP contribution in [0.2, 0.25) is 0 Å². The summed E-state index contributed by atoms with van der Waals surface area (Å²) in [5.41, 5.74) is -0.407. The SMILES string of the molecule is CCN1CC(NC(=O)C(C)(C)C)CC(C(=O)OC)C1. The molecule has 1 aliphatic rings. The minimum Gasteiger partial charge on any atom is -0.469 e. The predicted molar refractivity (Wildman–Crippen MR) is 73.6 cm³/mol. The van der Waals surface area contributed by atoms with Crippen LogP contribution in [0.25, 0.3) is 0 Å². The lowest BCUT2D eigenvalue weighted by Crippen LogP contribution is -2.54. The van der Waals surface area contributed by atoms with Gasteiger partial charge in [-0.3, -0.25) is 9.59 Å². The van der Waals surface area contributed by atoms with Gasteiger partial charge in [-0.25, -0.2) is 0 Å². The van der Waals surface area contributed by atoms with Crippen LogP contribution in [-0.2, 0) is 14.3 Å². The summed E-state index contributed by atoms with van der Waals surface area (Å²) in [7, 11) is 1.41. The Balaban J connectivity index is 2.67. The second kappa shape index (κ2) is 6.37. The third kappa shape index (κ3) is 4.49. The van der Waals surface area contributed by atoms with E-state index in [1.165, 1.54) is 7.11 Å². The summed E-state index contributed by atoms with van der Waals surface area (Å²) in [6.07, 6.45) is 0.658. The maximum Gasteiger partial charge on any atom is 0.310 e. The molecule has 1 heterocycles. The van der Waals surface area contributed by atoms with E-state index in [2.05, 4.69) is 17.1 Å². The van der Waals surface area contributed by atoms with Gasteiger partial charge in [-0.15, -0.1) is 0 Å². The van der Waals surface area contributed by atoms with E-state index in [9.17, 15) is 9.59 Å². The number of ether oxygens (including phenoxy) is 1. The zero-order valence-electron chi connectivity index (χ0n) is 12.7. The van der Waals surface area contributed by atoms with Gasteiger partial charge in [0.05, 0.1) is 13.0 Å². The van der Waals surface area contributed by atoms with Crippen molar-refractivity contribution in [2.75, 3.05) is 26.7 Å². The summed E-state index contributed by atoms with van der Waals surface area (Å²) < 4.78 is 4.82. The number of methoxy groups -OCH3 is 1. The molecule has 5 heteroatoms. The molecule has 2 atom stereocenters. The van der Waals surface area contributed by atoms with Gasteiger partial charge >= 0.3 is 5.97 Å². The van der Waals surface area contributed by atoms with Crippen LogP contribution in [0.15, 0.2) is 0 Å². The molecule has 0 aliphatic carbocycles. The van der Waals surface area contributed by atoms with E-state index in [1.54, 1.807) is 0 Å². The summed E-state index contributed by atoms with van der Waals surface area (Å²) in [6, 6.07) is 0.0181. The van der Waals surface area contributed by atoms with Crippen LogP contribution >= 0.6 is 0 Å². The molecular weight excluding hydrogens is 244 g/mol. The van der Waals surface area contributed by atoms with Gasteiger partial charge in [-0.2, -0.15) is 0 Å². The first-order valence-corrected chi connectivity index (χ1v) is 6.89. The van der Waals surface area contributed by atoms with Crippen LogP contribution < -0.4 is 5.32 Å². The van der Waals surface area contributed by atoms with Crippen LogP contribution in [0, 0.1) is 11.3 Å². The topological polar surface area (TPSA) is 58.6 Å². The molecule has 1 saturated heterocycles. The number of nitrogens with one attached hydrogen (secondary N) is 1. The fourth-order valence-electron chi connectivity index (χ4n) is 2.29. The Kier molecular flexibility index (Phi) is 5.35. The summed E-state index contributed by atoms with van der Waals surface area (Å²) in [5.74, 6) is -0.309. The van der Waals surface area contributed by atoms with Gasteiger partial charge < -0.3 is 15.0 Å². The molecule has 0 aromatic heterocycles. The van der Waals surface area contributed by atoms with E-state index in [0.717, 1.165) is 13.1 Å². The van der Waals surface area contributed by atoms with E-state index < -0.39 is 5.41 Å². The summed E-state index contributed by atoms with van der Waals surface area (Å²) in [5, 5.41) is 3.04. The van der Waals surface area contributed by atoms with Gasteiger partial charge in [0.1, 0.15) is 0 Å². The third-order valence-electron chi connectivity index (χ3n) is 3.52. The van der Waals surface area contributed by atoms with Crippen LogP contribution in [0.3, 0.4) is 0 Å². The molecule has 1 amide bonds. The number of rotatable bonds is 3. The number of esters is 1. The third-order valence-corrected chi connectivity index (χ3v) is 3.52. The molecule has 5 nitrogen and oxygen atoms in total. The van der Waals surface area contributed by atoms with Crippen molar-refractivity contribution in [2.45, 2.75) is 40.2 Å². The molecule has 19 heavy (non-hydrogen) atoms. The molecule has 0 aromatic carbocycles. The van der Waals surface area contributed by atoms with Crippen molar-refractivity contribution >= 4 is 11.9 Å². The number of carbonyl (C=O) groups excluding carboxylic acids is 2. The molecule has 1 fully saturated rings. The van der Waals surface area contributed by atoms with E-state index in [0.29, 0.717) is 13.0 Å². The average molecular weight is 270 g/mol. The zero-order valence-corrected chi connectivity index (χ0v) is 12.7. The smallest absolute Gasteiger partial charge is 0.310 e. The number of piperidine rings is 1. The number of hydrogen-bond acceptors (Lipinski definition) is 4. The highest BCUT2D eigenvalue weighted by Gasteiger charge is 2.34. The Labute approximate surface area is 115 Å². The maximum absolute atomic E-state index is 12.0. The summed E-state index contributed by atoms with van der Waals surface area (Å²) in [6.45, 7) is 10.1. The highest BCUT2D eigenvalue weighted by atomic mass is 16.5. The van der Waals surface area contributed by atoms with Crippen LogP contribution in [0.1, 0.15) is 34.1 Å². The Morgan fingerprint density at radius 1 is 1.32 bits per heavy atom. The lowest BCUT2D eigenvalue weighted by atomic mass is 9.91. The molecule has 2 unspecified atom stereocenters. The summed E-state index contributed by atoms with van der Waals surface area (Å²) >= 11 is 0. The van der Waals surface area contributed by atoms with Crippen LogP contribution in [0.4, 0.5) is 0 Å². The lowest BCUT2D eigenvalue weighted by Gasteiger charge is -2.37. The fraction of sp³-hybridized carbons (Fsp3) is 0.857. The summed E-state index contributed by atoms with van der Waals surface area (Å²) in [4.78, 5) is 25.9. The molecule has 0 aromatic rings. The molecule has 110 valence electrons. The number of nitrogens with zero attached hydrogens (tertiary/aromatic N) is 1. The predicted octanol–water partition coefficient (Wildman–Crippen LogP) is 1.03. The van der Waals surface area contributed by atoms with Gasteiger partial charge in [0.2, 0.25) is 5.91 Å². The zero-order chi connectivity index (χ0) is 14.6. The quantitative estimate of drug-likeness (QED) is 0.778. The van der Waals surface area contributed by atoms with Crippen molar-refractivity contribution in [2.24, 2.45) is 11.3 Å². The molecular formula is C14H26N2O3. The van der Waals surface area contributed by atoms with E-state index >= 15 is 0 Å². The second-order valence-electron chi connectivity index (χ2n) is 6.23. The van der Waals surface area contributed by atoms with Gasteiger partial charge in [-0.1, -0.05) is 27.7 Å². The standard InChI is InChI=1S/C14H26N2O3/c1-6-16-8-10(12(17)19-5)7-11(9-16)15-13(18)14(2,3)4/h10-11H,6-9H2,1-5H3,(H,15,18). The molecule has 0 saturated carbocycles. The fourth-order valence-corrected chi connectivity index (χ4v) is 2.29. The number of likely N-dealkylation sites (N-methyl/N-ethyl adjacent to an activating group) is 1. The van der Waals surface area contributed by atoms with Gasteiger partial charge in [0, 0.05) is 24.5 Å². The van der Waals surface area contributed by atoms with Crippen molar-refractivity contribution < 1.29 is 14.3 Å². The van der Waals surface area contributed by atoms with Crippen molar-refractivity contribution in [1.82, 2.24) is 10.2 Å². The highest BCUT2D eigenvalue weighted by Crippen LogP contribution is 2.20. The minimum absolute atomic E-state index is 0.0181. The molecule has 0 bridgehead atoms. The lowest BCUT2D eigenvalue weighted by molar-refractivity contribution is -0.148. The molecule has 1 N–H and O–H groups in total. The number of likely N-dealkylation sites (tertiary alicyclic amines) is 1. The minimum atomic E-state index is -0.407. The normalized spacial score (nSPS) is 24.9. The van der Waals surface area contributed by atoms with Gasteiger partial charge in [0.15, 0.2) is 0 Å². The largest absolute Gasteiger partial charge is 0.469 e. The number of hydrogen-bond donors (Lipinski definition) is 1. The van der Waals surface area contributed by atoms with Crippen molar-refractivity contribution in [3.05, 3.63) is 0 Å². The molecule has 1 aliphatic heterocycles. The first-order chi connectivity index (χ1) is 8.77. The number of carbonyl (C=O) groups is 2. The van der Waals surface area contributed by atoms with Crippen molar-refractivity contribution in [1.29, 1.82) is 0 Å². The van der Waals surface area contributed by atoms with Gasteiger partial charge in [0.25, 0.3) is 0 Å². The van der Waals surface area contributed by atoms with Crippen molar-refractivity contribution in [3.8, 4) is 0 Å². The molecule has 1 rings (SSSR count). The highest BCUT2D eigenvalue weighted by molar-refractivity contribution is 5.81. The Bertz CT molecular complexity index is 336. The Morgan fingerprint density at radius 3 is 2.42 bits per heavy atom. The monoisotopic (exact) mass is 270 g/mol. The number of amides is 1. The molecule has 0 spiro atoms.